The van der Waals surface area contributed by atoms with Crippen LogP contribution in [0.3, 0.4) is 0 Å². The Morgan fingerprint density at radius 1 is 0.403 bits per heavy atom. The summed E-state index contributed by atoms with van der Waals surface area (Å²) in [5, 5.41) is 33.4. The smallest absolute Gasteiger partial charge is 0.222 e. The fourth-order valence-corrected chi connectivity index (χ4v) is 8.93. The molecule has 0 aliphatic carbocycles. The highest BCUT2D eigenvalue weighted by atomic mass is 16.3. The van der Waals surface area contributed by atoms with E-state index >= 15 is 0 Å². The third-order valence-electron chi connectivity index (χ3n) is 13.2. The van der Waals surface area contributed by atoms with Crippen molar-refractivity contribution in [1.29, 1.82) is 0 Å². The SMILES string of the molecule is CCCCCCCCCCCCCC/C=C\CCCCCCCCCCCCCCCCCC(O)CC(=O)NC(CO)C(O)/C=C/CCCCCCCCCCCCCCCC. The van der Waals surface area contributed by atoms with E-state index in [1.54, 1.807) is 6.08 Å². The van der Waals surface area contributed by atoms with Crippen molar-refractivity contribution in [2.24, 2.45) is 0 Å². The van der Waals surface area contributed by atoms with Crippen LogP contribution in [0.2, 0.25) is 0 Å². The van der Waals surface area contributed by atoms with Gasteiger partial charge in [-0.2, -0.15) is 0 Å². The van der Waals surface area contributed by atoms with E-state index < -0.39 is 18.2 Å². The molecular weight excluding hydrogens is 763 g/mol. The number of carbonyl (C=O) groups excluding carboxylic acids is 1. The minimum atomic E-state index is -0.927. The molecule has 62 heavy (non-hydrogen) atoms. The largest absolute Gasteiger partial charge is 0.394 e. The lowest BCUT2D eigenvalue weighted by Crippen LogP contribution is -2.45. The predicted molar refractivity (Wildman–Crippen MR) is 273 cm³/mol. The molecular formula is C57H111NO4. The highest BCUT2D eigenvalue weighted by Gasteiger charge is 2.20. The molecule has 0 saturated carbocycles. The van der Waals surface area contributed by atoms with E-state index in [-0.39, 0.29) is 18.9 Å². The van der Waals surface area contributed by atoms with E-state index in [9.17, 15) is 20.1 Å². The van der Waals surface area contributed by atoms with E-state index in [2.05, 4.69) is 31.3 Å². The predicted octanol–water partition coefficient (Wildman–Crippen LogP) is 17.3. The molecule has 0 rings (SSSR count). The number of hydrogen-bond donors (Lipinski definition) is 4. The van der Waals surface area contributed by atoms with Crippen molar-refractivity contribution in [2.75, 3.05) is 6.61 Å². The average molecular weight is 875 g/mol. The standard InChI is InChI=1S/C57H111NO4/c1-3-5-7-9-11-13-15-17-19-21-22-23-24-25-26-27-28-29-30-31-32-33-34-35-36-38-40-42-44-46-48-50-54(60)52-57(62)58-55(53-59)56(61)51-49-47-45-43-41-39-37-20-18-16-14-12-10-8-6-4-2/h25-26,49,51,54-56,59-61H,3-24,27-48,50,52-53H2,1-2H3,(H,58,62)/b26-25-,51-49+. The molecule has 5 heteroatoms. The van der Waals surface area contributed by atoms with E-state index in [1.807, 2.05) is 6.08 Å². The number of hydrogen-bond acceptors (Lipinski definition) is 4. The summed E-state index contributed by atoms with van der Waals surface area (Å²) >= 11 is 0. The molecule has 368 valence electrons. The first-order valence-electron chi connectivity index (χ1n) is 28.1. The van der Waals surface area contributed by atoms with Crippen LogP contribution in [-0.2, 0) is 4.79 Å². The van der Waals surface area contributed by atoms with Crippen molar-refractivity contribution in [3.63, 3.8) is 0 Å². The van der Waals surface area contributed by atoms with Gasteiger partial charge < -0.3 is 20.6 Å². The van der Waals surface area contributed by atoms with Gasteiger partial charge in [-0.3, -0.25) is 4.79 Å². The first kappa shape index (κ1) is 60.8. The first-order chi connectivity index (χ1) is 30.5. The average Bonchev–Trinajstić information content (AvgIpc) is 3.27. The van der Waals surface area contributed by atoms with Gasteiger partial charge in [0.05, 0.1) is 31.3 Å². The van der Waals surface area contributed by atoms with Crippen molar-refractivity contribution < 1.29 is 20.1 Å². The molecule has 0 aliphatic heterocycles. The minimum Gasteiger partial charge on any atom is -0.394 e. The second-order valence-corrected chi connectivity index (χ2v) is 19.5. The van der Waals surface area contributed by atoms with Gasteiger partial charge in [-0.05, 0) is 44.9 Å². The van der Waals surface area contributed by atoms with Gasteiger partial charge in [0.15, 0.2) is 0 Å². The van der Waals surface area contributed by atoms with Gasteiger partial charge in [-0.25, -0.2) is 0 Å². The molecule has 0 radical (unpaired) electrons. The van der Waals surface area contributed by atoms with Crippen LogP contribution in [-0.4, -0.2) is 46.1 Å². The second-order valence-electron chi connectivity index (χ2n) is 19.5. The Morgan fingerprint density at radius 2 is 0.677 bits per heavy atom. The van der Waals surface area contributed by atoms with Crippen LogP contribution in [0.15, 0.2) is 24.3 Å². The quantitative estimate of drug-likeness (QED) is 0.0362. The van der Waals surface area contributed by atoms with Crippen LogP contribution in [0.4, 0.5) is 0 Å². The third-order valence-corrected chi connectivity index (χ3v) is 13.2. The number of carbonyl (C=O) groups is 1. The van der Waals surface area contributed by atoms with Gasteiger partial charge in [-0.1, -0.05) is 282 Å². The van der Waals surface area contributed by atoms with Crippen LogP contribution in [0.1, 0.15) is 309 Å². The van der Waals surface area contributed by atoms with Crippen molar-refractivity contribution in [2.45, 2.75) is 327 Å². The van der Waals surface area contributed by atoms with Crippen molar-refractivity contribution in [3.8, 4) is 0 Å². The van der Waals surface area contributed by atoms with Gasteiger partial charge in [0.1, 0.15) is 0 Å². The minimum absolute atomic E-state index is 0.0170. The maximum atomic E-state index is 12.5. The molecule has 0 aliphatic rings. The maximum absolute atomic E-state index is 12.5. The van der Waals surface area contributed by atoms with E-state index in [4.69, 9.17) is 0 Å². The number of amides is 1. The summed E-state index contributed by atoms with van der Waals surface area (Å²) in [5.41, 5.74) is 0. The van der Waals surface area contributed by atoms with Gasteiger partial charge in [-0.15, -0.1) is 0 Å². The summed E-state index contributed by atoms with van der Waals surface area (Å²) < 4.78 is 0. The highest BCUT2D eigenvalue weighted by molar-refractivity contribution is 5.76. The van der Waals surface area contributed by atoms with Crippen molar-refractivity contribution in [1.82, 2.24) is 5.32 Å². The molecule has 3 atom stereocenters. The molecule has 0 fully saturated rings. The topological polar surface area (TPSA) is 89.8 Å². The van der Waals surface area contributed by atoms with E-state index in [0.717, 1.165) is 25.7 Å². The molecule has 0 aromatic rings. The van der Waals surface area contributed by atoms with Gasteiger partial charge in [0.25, 0.3) is 0 Å². The summed E-state index contributed by atoms with van der Waals surface area (Å²) in [6.45, 7) is 4.24. The zero-order valence-electron chi connectivity index (χ0n) is 42.0. The zero-order valence-corrected chi connectivity index (χ0v) is 42.0. The number of aliphatic hydroxyl groups is 3. The van der Waals surface area contributed by atoms with Crippen LogP contribution < -0.4 is 5.32 Å². The first-order valence-corrected chi connectivity index (χ1v) is 28.1. The maximum Gasteiger partial charge on any atom is 0.222 e. The molecule has 0 saturated heterocycles. The Bertz CT molecular complexity index is 920. The lowest BCUT2D eigenvalue weighted by molar-refractivity contribution is -0.124. The molecule has 0 aromatic carbocycles. The lowest BCUT2D eigenvalue weighted by atomic mass is 10.0. The number of rotatable bonds is 52. The summed E-state index contributed by atoms with van der Waals surface area (Å²) in [5.74, 6) is -0.311. The zero-order chi connectivity index (χ0) is 45.1. The molecule has 0 spiro atoms. The summed E-state index contributed by atoms with van der Waals surface area (Å²) in [6.07, 6.45) is 66.6. The molecule has 0 aromatic heterocycles. The molecule has 1 amide bonds. The van der Waals surface area contributed by atoms with Crippen molar-refractivity contribution in [3.05, 3.63) is 24.3 Å². The third kappa shape index (κ3) is 48.3. The number of unbranched alkanes of at least 4 members (excludes halogenated alkanes) is 41. The normalized spacial score (nSPS) is 13.4. The lowest BCUT2D eigenvalue weighted by Gasteiger charge is -2.21. The second kappa shape index (κ2) is 52.5. The number of nitrogens with one attached hydrogen (secondary N) is 1. The van der Waals surface area contributed by atoms with Gasteiger partial charge in [0, 0.05) is 0 Å². The molecule has 0 bridgehead atoms. The van der Waals surface area contributed by atoms with E-state index in [1.165, 1.54) is 257 Å². The molecule has 5 nitrogen and oxygen atoms in total. The fraction of sp³-hybridized carbons (Fsp3) is 0.912. The summed E-state index contributed by atoms with van der Waals surface area (Å²) in [4.78, 5) is 12.5. The molecule has 4 N–H and O–H groups in total. The molecule has 0 heterocycles. The Hall–Kier alpha value is -1.17. The van der Waals surface area contributed by atoms with Crippen LogP contribution in [0, 0.1) is 0 Å². The van der Waals surface area contributed by atoms with Gasteiger partial charge >= 0.3 is 0 Å². The number of aliphatic hydroxyl groups excluding tert-OH is 3. The van der Waals surface area contributed by atoms with Gasteiger partial charge in [0.2, 0.25) is 5.91 Å². The Labute approximate surface area is 388 Å². The summed E-state index contributed by atoms with van der Waals surface area (Å²) in [6, 6.07) is -0.742. The Balaban J connectivity index is 3.51. The highest BCUT2D eigenvalue weighted by Crippen LogP contribution is 2.17. The number of allylic oxidation sites excluding steroid dienone is 3. The Kier molecular flexibility index (Phi) is 51.5. The Morgan fingerprint density at radius 3 is 0.984 bits per heavy atom. The molecule has 3 unspecified atom stereocenters. The fourth-order valence-electron chi connectivity index (χ4n) is 8.93. The van der Waals surface area contributed by atoms with Crippen molar-refractivity contribution >= 4 is 5.91 Å². The van der Waals surface area contributed by atoms with Crippen LogP contribution in [0.25, 0.3) is 0 Å². The monoisotopic (exact) mass is 874 g/mol. The summed E-state index contributed by atoms with van der Waals surface area (Å²) in [7, 11) is 0. The van der Waals surface area contributed by atoms with E-state index in [0.29, 0.717) is 6.42 Å². The van der Waals surface area contributed by atoms with Crippen LogP contribution >= 0.6 is 0 Å². The van der Waals surface area contributed by atoms with Crippen LogP contribution in [0.5, 0.6) is 0 Å².